The number of sulfonamides is 1. The molecule has 1 aromatic rings. The van der Waals surface area contributed by atoms with Crippen molar-refractivity contribution in [2.75, 3.05) is 18.4 Å². The lowest BCUT2D eigenvalue weighted by molar-refractivity contribution is 0.365. The molecule has 0 fully saturated rings. The number of hydrogen-bond acceptors (Lipinski definition) is 4. The van der Waals surface area contributed by atoms with Gasteiger partial charge in [0.15, 0.2) is 0 Å². The van der Waals surface area contributed by atoms with Crippen molar-refractivity contribution >= 4 is 15.7 Å². The molecule has 120 valence electrons. The van der Waals surface area contributed by atoms with Gasteiger partial charge in [-0.25, -0.2) is 13.1 Å². The van der Waals surface area contributed by atoms with Crippen molar-refractivity contribution in [2.24, 2.45) is 11.1 Å². The third-order valence-electron chi connectivity index (χ3n) is 3.15. The Bertz CT molecular complexity index is 554. The Morgan fingerprint density at radius 1 is 1.24 bits per heavy atom. The van der Waals surface area contributed by atoms with Gasteiger partial charge in [-0.2, -0.15) is 0 Å². The van der Waals surface area contributed by atoms with E-state index in [4.69, 9.17) is 5.73 Å². The van der Waals surface area contributed by atoms with E-state index in [-0.39, 0.29) is 16.4 Å². The van der Waals surface area contributed by atoms with Gasteiger partial charge in [0.1, 0.15) is 4.90 Å². The predicted molar refractivity (Wildman–Crippen MR) is 87.8 cm³/mol. The van der Waals surface area contributed by atoms with Crippen molar-refractivity contribution < 1.29 is 8.42 Å². The molecule has 0 heterocycles. The van der Waals surface area contributed by atoms with Crippen molar-refractivity contribution in [3.8, 4) is 0 Å². The van der Waals surface area contributed by atoms with Crippen molar-refractivity contribution in [2.45, 2.75) is 45.1 Å². The molecule has 0 unspecified atom stereocenters. The Kier molecular flexibility index (Phi) is 6.19. The number of nitrogens with one attached hydrogen (secondary N) is 2. The zero-order valence-electron chi connectivity index (χ0n) is 13.3. The van der Waals surface area contributed by atoms with Gasteiger partial charge in [-0.15, -0.1) is 0 Å². The second-order valence-corrected chi connectivity index (χ2v) is 8.01. The zero-order chi connectivity index (χ0) is 16.1. The third kappa shape index (κ3) is 5.65. The van der Waals surface area contributed by atoms with E-state index in [1.54, 1.807) is 32.0 Å². The fourth-order valence-corrected chi connectivity index (χ4v) is 3.47. The molecule has 0 atom stereocenters. The van der Waals surface area contributed by atoms with Crippen LogP contribution < -0.4 is 15.8 Å². The highest BCUT2D eigenvalue weighted by molar-refractivity contribution is 7.89. The summed E-state index contributed by atoms with van der Waals surface area (Å²) in [6, 6.07) is 6.81. The van der Waals surface area contributed by atoms with Gasteiger partial charge in [0, 0.05) is 12.6 Å². The standard InChI is InChI=1S/C15H27N3O2S/c1-12(2)18-21(19,20)14-8-6-5-7-13(14)17-11-15(3,4)9-10-16/h5-8,12,17-18H,9-11,16H2,1-4H3. The number of rotatable bonds is 8. The van der Waals surface area contributed by atoms with E-state index in [1.807, 2.05) is 6.07 Å². The zero-order valence-corrected chi connectivity index (χ0v) is 14.1. The highest BCUT2D eigenvalue weighted by Crippen LogP contribution is 2.25. The molecular formula is C15H27N3O2S. The summed E-state index contributed by atoms with van der Waals surface area (Å²) in [6.45, 7) is 9.10. The lowest BCUT2D eigenvalue weighted by atomic mass is 9.89. The van der Waals surface area contributed by atoms with E-state index in [9.17, 15) is 8.42 Å². The maximum Gasteiger partial charge on any atom is 0.242 e. The molecule has 1 rings (SSSR count). The molecule has 21 heavy (non-hydrogen) atoms. The van der Waals surface area contributed by atoms with Crippen molar-refractivity contribution in [1.82, 2.24) is 4.72 Å². The molecule has 0 saturated carbocycles. The average Bonchev–Trinajstić information content (AvgIpc) is 2.35. The summed E-state index contributed by atoms with van der Waals surface area (Å²) in [7, 11) is -3.51. The van der Waals surface area contributed by atoms with E-state index in [1.165, 1.54) is 0 Å². The second-order valence-electron chi connectivity index (χ2n) is 6.33. The maximum atomic E-state index is 12.3. The van der Waals surface area contributed by atoms with Gasteiger partial charge in [0.2, 0.25) is 10.0 Å². The monoisotopic (exact) mass is 313 g/mol. The minimum absolute atomic E-state index is 0.0110. The van der Waals surface area contributed by atoms with Crippen LogP contribution in [0.2, 0.25) is 0 Å². The van der Waals surface area contributed by atoms with Crippen molar-refractivity contribution in [3.05, 3.63) is 24.3 Å². The van der Waals surface area contributed by atoms with Crippen molar-refractivity contribution in [1.29, 1.82) is 0 Å². The van der Waals surface area contributed by atoms with E-state index in [0.717, 1.165) is 6.42 Å². The Hall–Kier alpha value is -1.11. The quantitative estimate of drug-likeness (QED) is 0.686. The summed E-state index contributed by atoms with van der Waals surface area (Å²) in [5, 5.41) is 3.24. The topological polar surface area (TPSA) is 84.2 Å². The fourth-order valence-electron chi connectivity index (χ4n) is 2.03. The smallest absolute Gasteiger partial charge is 0.242 e. The highest BCUT2D eigenvalue weighted by Gasteiger charge is 2.21. The summed E-state index contributed by atoms with van der Waals surface area (Å²) < 4.78 is 27.3. The van der Waals surface area contributed by atoms with Gasteiger partial charge in [0.05, 0.1) is 5.69 Å². The second kappa shape index (κ2) is 7.24. The third-order valence-corrected chi connectivity index (χ3v) is 4.86. The molecule has 4 N–H and O–H groups in total. The number of hydrogen-bond donors (Lipinski definition) is 3. The summed E-state index contributed by atoms with van der Waals surface area (Å²) in [5.41, 5.74) is 6.24. The highest BCUT2D eigenvalue weighted by atomic mass is 32.2. The SMILES string of the molecule is CC(C)NS(=O)(=O)c1ccccc1NCC(C)(C)CCN. The Labute approximate surface area is 128 Å². The molecule has 0 aromatic heterocycles. The van der Waals surface area contributed by atoms with Crippen LogP contribution in [0, 0.1) is 5.41 Å². The first-order valence-electron chi connectivity index (χ1n) is 7.23. The summed E-state index contributed by atoms with van der Waals surface area (Å²) in [6.07, 6.45) is 0.874. The van der Waals surface area contributed by atoms with E-state index in [2.05, 4.69) is 23.9 Å². The van der Waals surface area contributed by atoms with Crippen LogP contribution in [-0.4, -0.2) is 27.5 Å². The van der Waals surface area contributed by atoms with Crippen LogP contribution in [0.5, 0.6) is 0 Å². The first-order chi connectivity index (χ1) is 9.68. The van der Waals surface area contributed by atoms with Gasteiger partial charge in [0.25, 0.3) is 0 Å². The largest absolute Gasteiger partial charge is 0.383 e. The molecule has 1 aromatic carbocycles. The molecule has 5 nitrogen and oxygen atoms in total. The molecule has 6 heteroatoms. The molecule has 0 radical (unpaired) electrons. The van der Waals surface area contributed by atoms with Crippen LogP contribution in [0.25, 0.3) is 0 Å². The van der Waals surface area contributed by atoms with Gasteiger partial charge in [-0.05, 0) is 44.4 Å². The first-order valence-corrected chi connectivity index (χ1v) is 8.71. The van der Waals surface area contributed by atoms with Crippen molar-refractivity contribution in [3.63, 3.8) is 0 Å². The number of benzene rings is 1. The lowest BCUT2D eigenvalue weighted by Gasteiger charge is -2.25. The van der Waals surface area contributed by atoms with E-state index < -0.39 is 10.0 Å². The Balaban J connectivity index is 2.95. The average molecular weight is 313 g/mol. The molecule has 0 aliphatic heterocycles. The van der Waals surface area contributed by atoms with Gasteiger partial charge < -0.3 is 11.1 Å². The maximum absolute atomic E-state index is 12.3. The van der Waals surface area contributed by atoms with E-state index in [0.29, 0.717) is 18.8 Å². The van der Waals surface area contributed by atoms with Gasteiger partial charge in [-0.3, -0.25) is 0 Å². The van der Waals surface area contributed by atoms with Crippen LogP contribution in [0.4, 0.5) is 5.69 Å². The molecule has 0 bridgehead atoms. The molecule has 0 saturated heterocycles. The Morgan fingerprint density at radius 3 is 2.43 bits per heavy atom. The van der Waals surface area contributed by atoms with Crippen LogP contribution in [-0.2, 0) is 10.0 Å². The van der Waals surface area contributed by atoms with Crippen LogP contribution >= 0.6 is 0 Å². The van der Waals surface area contributed by atoms with E-state index >= 15 is 0 Å². The Morgan fingerprint density at radius 2 is 1.86 bits per heavy atom. The minimum atomic E-state index is -3.51. The molecule has 0 aliphatic rings. The fraction of sp³-hybridized carbons (Fsp3) is 0.600. The normalized spacial score (nSPS) is 12.7. The first kappa shape index (κ1) is 17.9. The van der Waals surface area contributed by atoms with Crippen LogP contribution in [0.3, 0.4) is 0 Å². The number of para-hydroxylation sites is 1. The number of anilines is 1. The molecule has 0 amide bonds. The molecule has 0 spiro atoms. The molecular weight excluding hydrogens is 286 g/mol. The van der Waals surface area contributed by atoms with Gasteiger partial charge >= 0.3 is 0 Å². The summed E-state index contributed by atoms with van der Waals surface area (Å²) >= 11 is 0. The predicted octanol–water partition coefficient (Wildman–Crippen LogP) is 2.16. The van der Waals surface area contributed by atoms with Crippen LogP contribution in [0.15, 0.2) is 29.2 Å². The summed E-state index contributed by atoms with van der Waals surface area (Å²) in [4.78, 5) is 0.280. The van der Waals surface area contributed by atoms with Crippen LogP contribution in [0.1, 0.15) is 34.1 Å². The lowest BCUT2D eigenvalue weighted by Crippen LogP contribution is -2.31. The minimum Gasteiger partial charge on any atom is -0.383 e. The molecule has 0 aliphatic carbocycles. The van der Waals surface area contributed by atoms with Gasteiger partial charge in [-0.1, -0.05) is 26.0 Å². The summed E-state index contributed by atoms with van der Waals surface area (Å²) in [5.74, 6) is 0. The number of nitrogens with two attached hydrogens (primary N) is 1.